The Morgan fingerprint density at radius 2 is 2.25 bits per heavy atom. The molecule has 1 saturated carbocycles. The summed E-state index contributed by atoms with van der Waals surface area (Å²) < 4.78 is 4.97. The van der Waals surface area contributed by atoms with Crippen LogP contribution in [0.5, 0.6) is 0 Å². The van der Waals surface area contributed by atoms with E-state index in [2.05, 4.69) is 26.1 Å². The Morgan fingerprint density at radius 1 is 1.56 bits per heavy atom. The van der Waals surface area contributed by atoms with Gasteiger partial charge in [-0.3, -0.25) is 4.79 Å². The molecule has 2 unspecified atom stereocenters. The van der Waals surface area contributed by atoms with Crippen molar-refractivity contribution in [2.24, 2.45) is 11.8 Å². The second-order valence-corrected chi connectivity index (χ2v) is 5.55. The molecule has 0 aromatic rings. The van der Waals surface area contributed by atoms with Gasteiger partial charge in [-0.05, 0) is 31.2 Å². The summed E-state index contributed by atoms with van der Waals surface area (Å²) in [5, 5.41) is 3.44. The predicted octanol–water partition coefficient (Wildman–Crippen LogP) is 2.35. The van der Waals surface area contributed by atoms with Crippen LogP contribution in [0.2, 0.25) is 0 Å². The minimum Gasteiger partial charge on any atom is -0.468 e. The first-order valence-electron chi connectivity index (χ1n) is 6.33. The second kappa shape index (κ2) is 5.67. The molecule has 3 nitrogen and oxygen atoms in total. The third-order valence-electron chi connectivity index (χ3n) is 3.42. The zero-order chi connectivity index (χ0) is 12.2. The second-order valence-electron chi connectivity index (χ2n) is 5.55. The highest BCUT2D eigenvalue weighted by molar-refractivity contribution is 5.80. The monoisotopic (exact) mass is 227 g/mol. The molecule has 94 valence electrons. The van der Waals surface area contributed by atoms with Crippen molar-refractivity contribution in [3.63, 3.8) is 0 Å². The van der Waals surface area contributed by atoms with Gasteiger partial charge >= 0.3 is 5.97 Å². The smallest absolute Gasteiger partial charge is 0.326 e. The van der Waals surface area contributed by atoms with Crippen LogP contribution >= 0.6 is 0 Å². The van der Waals surface area contributed by atoms with E-state index in [1.54, 1.807) is 0 Å². The third kappa shape index (κ3) is 3.21. The number of hydrogen-bond acceptors (Lipinski definition) is 3. The Labute approximate surface area is 98.9 Å². The number of methoxy groups -OCH3 is 1. The number of ether oxygens (including phenoxy) is 1. The average molecular weight is 227 g/mol. The van der Waals surface area contributed by atoms with E-state index in [1.807, 2.05) is 0 Å². The molecule has 0 saturated heterocycles. The van der Waals surface area contributed by atoms with E-state index in [1.165, 1.54) is 13.5 Å². The summed E-state index contributed by atoms with van der Waals surface area (Å²) >= 11 is 0. The fourth-order valence-electron chi connectivity index (χ4n) is 2.56. The van der Waals surface area contributed by atoms with Crippen molar-refractivity contribution in [3.8, 4) is 0 Å². The maximum Gasteiger partial charge on any atom is 0.326 e. The molecule has 0 bridgehead atoms. The van der Waals surface area contributed by atoms with E-state index < -0.39 is 5.54 Å². The summed E-state index contributed by atoms with van der Waals surface area (Å²) in [7, 11) is 1.49. The van der Waals surface area contributed by atoms with E-state index >= 15 is 0 Å². The van der Waals surface area contributed by atoms with E-state index in [0.29, 0.717) is 11.8 Å². The molecule has 16 heavy (non-hydrogen) atoms. The summed E-state index contributed by atoms with van der Waals surface area (Å²) in [6, 6.07) is 0. The van der Waals surface area contributed by atoms with Crippen molar-refractivity contribution in [1.82, 2.24) is 5.32 Å². The van der Waals surface area contributed by atoms with Gasteiger partial charge in [0.05, 0.1) is 7.11 Å². The zero-order valence-corrected chi connectivity index (χ0v) is 11.0. The van der Waals surface area contributed by atoms with Crippen LogP contribution in [-0.2, 0) is 9.53 Å². The highest BCUT2D eigenvalue weighted by Gasteiger charge is 2.42. The highest BCUT2D eigenvalue weighted by Crippen LogP contribution is 2.33. The first kappa shape index (κ1) is 13.5. The lowest BCUT2D eigenvalue weighted by Gasteiger charge is -2.38. The van der Waals surface area contributed by atoms with Crippen LogP contribution in [0, 0.1) is 11.8 Å². The van der Waals surface area contributed by atoms with Crippen LogP contribution in [0.3, 0.4) is 0 Å². The first-order valence-corrected chi connectivity index (χ1v) is 6.33. The van der Waals surface area contributed by atoms with Gasteiger partial charge in [-0.25, -0.2) is 0 Å². The van der Waals surface area contributed by atoms with Gasteiger partial charge in [-0.1, -0.05) is 33.6 Å². The van der Waals surface area contributed by atoms with Crippen LogP contribution in [0.25, 0.3) is 0 Å². The molecule has 1 rings (SSSR count). The Morgan fingerprint density at radius 3 is 2.75 bits per heavy atom. The lowest BCUT2D eigenvalue weighted by Crippen LogP contribution is -2.56. The molecular formula is C13H25NO2. The molecule has 1 aliphatic rings. The molecule has 1 fully saturated rings. The number of rotatable bonds is 4. The van der Waals surface area contributed by atoms with Crippen molar-refractivity contribution in [2.45, 2.75) is 52.0 Å². The Hall–Kier alpha value is -0.570. The van der Waals surface area contributed by atoms with Crippen LogP contribution in [-0.4, -0.2) is 25.2 Å². The standard InChI is InChI=1S/C13H25NO2/c1-10(2)9-14-13(12(15)16-4)7-5-6-11(3)8-13/h10-11,14H,5-9H2,1-4H3. The summed E-state index contributed by atoms with van der Waals surface area (Å²) in [6.07, 6.45) is 4.16. The Kier molecular flexibility index (Phi) is 4.78. The van der Waals surface area contributed by atoms with Crippen LogP contribution < -0.4 is 5.32 Å². The number of nitrogens with one attached hydrogen (secondary N) is 1. The maximum absolute atomic E-state index is 12.0. The zero-order valence-electron chi connectivity index (χ0n) is 11.0. The van der Waals surface area contributed by atoms with Gasteiger partial charge in [0.1, 0.15) is 5.54 Å². The first-order chi connectivity index (χ1) is 7.50. The maximum atomic E-state index is 12.0. The number of carbonyl (C=O) groups is 1. The van der Waals surface area contributed by atoms with Crippen molar-refractivity contribution >= 4 is 5.97 Å². The summed E-state index contributed by atoms with van der Waals surface area (Å²) in [5.41, 5.74) is -0.420. The fourth-order valence-corrected chi connectivity index (χ4v) is 2.56. The van der Waals surface area contributed by atoms with Crippen molar-refractivity contribution in [3.05, 3.63) is 0 Å². The minimum absolute atomic E-state index is 0.0836. The molecule has 1 aliphatic carbocycles. The summed E-state index contributed by atoms with van der Waals surface area (Å²) in [5.74, 6) is 1.07. The minimum atomic E-state index is -0.420. The van der Waals surface area contributed by atoms with Gasteiger partial charge in [0.2, 0.25) is 0 Å². The molecule has 0 heterocycles. The van der Waals surface area contributed by atoms with Gasteiger partial charge in [-0.15, -0.1) is 0 Å². The molecule has 3 heteroatoms. The topological polar surface area (TPSA) is 38.3 Å². The van der Waals surface area contributed by atoms with Gasteiger partial charge in [0.15, 0.2) is 0 Å². The van der Waals surface area contributed by atoms with E-state index in [4.69, 9.17) is 4.74 Å². The molecular weight excluding hydrogens is 202 g/mol. The normalized spacial score (nSPS) is 30.4. The van der Waals surface area contributed by atoms with Gasteiger partial charge in [-0.2, -0.15) is 0 Å². The summed E-state index contributed by atoms with van der Waals surface area (Å²) in [4.78, 5) is 12.0. The van der Waals surface area contributed by atoms with Crippen LogP contribution in [0.4, 0.5) is 0 Å². The van der Waals surface area contributed by atoms with Crippen molar-refractivity contribution in [1.29, 1.82) is 0 Å². The fraction of sp³-hybridized carbons (Fsp3) is 0.923. The highest BCUT2D eigenvalue weighted by atomic mass is 16.5. The molecule has 1 N–H and O–H groups in total. The molecule has 0 aromatic carbocycles. The predicted molar refractivity (Wildman–Crippen MR) is 65.2 cm³/mol. The van der Waals surface area contributed by atoms with E-state index in [9.17, 15) is 4.79 Å². The van der Waals surface area contributed by atoms with Gasteiger partial charge in [0, 0.05) is 0 Å². The quantitative estimate of drug-likeness (QED) is 0.749. The van der Waals surface area contributed by atoms with Gasteiger partial charge in [0.25, 0.3) is 0 Å². The number of hydrogen-bond donors (Lipinski definition) is 1. The largest absolute Gasteiger partial charge is 0.468 e. The molecule has 2 atom stereocenters. The third-order valence-corrected chi connectivity index (χ3v) is 3.42. The van der Waals surface area contributed by atoms with E-state index in [0.717, 1.165) is 25.8 Å². The van der Waals surface area contributed by atoms with Crippen LogP contribution in [0.15, 0.2) is 0 Å². The Balaban J connectivity index is 2.71. The summed E-state index contributed by atoms with van der Waals surface area (Å²) in [6.45, 7) is 7.41. The van der Waals surface area contributed by atoms with E-state index in [-0.39, 0.29) is 5.97 Å². The number of esters is 1. The lowest BCUT2D eigenvalue weighted by molar-refractivity contribution is -0.151. The van der Waals surface area contributed by atoms with Crippen molar-refractivity contribution in [2.75, 3.05) is 13.7 Å². The number of carbonyl (C=O) groups excluding carboxylic acids is 1. The average Bonchev–Trinajstić information content (AvgIpc) is 2.25. The van der Waals surface area contributed by atoms with Crippen LogP contribution in [0.1, 0.15) is 46.5 Å². The lowest BCUT2D eigenvalue weighted by atomic mass is 9.76. The molecule has 0 amide bonds. The molecule has 0 radical (unpaired) electrons. The molecule has 0 spiro atoms. The Bertz CT molecular complexity index is 240. The molecule has 0 aliphatic heterocycles. The SMILES string of the molecule is COC(=O)C1(NCC(C)C)CCCC(C)C1. The molecule has 0 aromatic heterocycles. The van der Waals surface area contributed by atoms with Crippen molar-refractivity contribution < 1.29 is 9.53 Å². The van der Waals surface area contributed by atoms with Gasteiger partial charge < -0.3 is 10.1 Å².